The molecule has 10 heavy (non-hydrogen) atoms. The molecule has 0 aliphatic rings. The fraction of sp³-hybridized carbons (Fsp3) is 0. The van der Waals surface area contributed by atoms with Crippen LogP contribution in [-0.2, 0) is 0 Å². The molecule has 0 unspecified atom stereocenters. The van der Waals surface area contributed by atoms with Crippen molar-refractivity contribution in [1.29, 1.82) is 0 Å². The lowest BCUT2D eigenvalue weighted by atomic mass is 10.3. The van der Waals surface area contributed by atoms with Crippen LogP contribution in [-0.4, -0.2) is 10.2 Å². The molecule has 2 N–H and O–H groups in total. The van der Waals surface area contributed by atoms with Gasteiger partial charge in [-0.2, -0.15) is 0 Å². The molecule has 2 nitrogen and oxygen atoms in total. The van der Waals surface area contributed by atoms with Crippen molar-refractivity contribution in [2.45, 2.75) is 0 Å². The van der Waals surface area contributed by atoms with E-state index in [4.69, 9.17) is 10.2 Å². The summed E-state index contributed by atoms with van der Waals surface area (Å²) in [5.41, 5.74) is 0. The summed E-state index contributed by atoms with van der Waals surface area (Å²) in [5, 5.41) is 18.2. The third-order valence-corrected chi connectivity index (χ3v) is 4.26. The van der Waals surface area contributed by atoms with Gasteiger partial charge in [-0.1, -0.05) is 0 Å². The zero-order valence-electron chi connectivity index (χ0n) is 4.81. The highest BCUT2D eigenvalue weighted by atomic mass is 127. The maximum atomic E-state index is 9.10. The Hall–Kier alpha value is 0.280. The van der Waals surface area contributed by atoms with Gasteiger partial charge in [-0.3, -0.25) is 0 Å². The molecule has 1 rings (SSSR count). The average molecular weight is 362 g/mol. The van der Waals surface area contributed by atoms with Crippen LogP contribution in [0.4, 0.5) is 0 Å². The van der Waals surface area contributed by atoms with Crippen LogP contribution in [0.25, 0.3) is 0 Å². The van der Waals surface area contributed by atoms with Crippen LogP contribution in [0.1, 0.15) is 0 Å². The Morgan fingerprint density at radius 2 is 1.20 bits per heavy atom. The van der Waals surface area contributed by atoms with Gasteiger partial charge in [0.25, 0.3) is 0 Å². The Morgan fingerprint density at radius 1 is 0.900 bits per heavy atom. The topological polar surface area (TPSA) is 40.5 Å². The van der Waals surface area contributed by atoms with Crippen LogP contribution in [0.15, 0.2) is 12.1 Å². The molecule has 54 valence electrons. The van der Waals surface area contributed by atoms with Gasteiger partial charge in [-0.15, -0.1) is 0 Å². The van der Waals surface area contributed by atoms with Gasteiger partial charge in [0, 0.05) is 0 Å². The van der Waals surface area contributed by atoms with Crippen LogP contribution in [0, 0.1) is 7.14 Å². The normalized spacial score (nSPS) is 9.80. The molecule has 0 aliphatic heterocycles. The highest BCUT2D eigenvalue weighted by molar-refractivity contribution is 14.1. The van der Waals surface area contributed by atoms with Gasteiger partial charge in [0.2, 0.25) is 0 Å². The molecule has 4 heteroatoms. The third kappa shape index (κ3) is 1.47. The predicted molar refractivity (Wildman–Crippen MR) is 55.2 cm³/mol. The second-order valence-electron chi connectivity index (χ2n) is 1.73. The third-order valence-electron chi connectivity index (χ3n) is 1.04. The minimum atomic E-state index is 0.211. The maximum absolute atomic E-state index is 9.10. The molecule has 1 aromatic carbocycles. The molecule has 0 heterocycles. The standard InChI is InChI=1S/C6H4I2O2/c7-5-3(9)1-2-4(10)6(5)8/h1-2,9-10H. The number of aromatic hydroxyl groups is 2. The maximum Gasteiger partial charge on any atom is 0.130 e. The largest absolute Gasteiger partial charge is 0.507 e. The van der Waals surface area contributed by atoms with Gasteiger partial charge in [-0.25, -0.2) is 0 Å². The first-order valence-electron chi connectivity index (χ1n) is 2.49. The van der Waals surface area contributed by atoms with Crippen LogP contribution in [0.2, 0.25) is 0 Å². The van der Waals surface area contributed by atoms with Crippen molar-refractivity contribution in [2.75, 3.05) is 0 Å². The van der Waals surface area contributed by atoms with Crippen molar-refractivity contribution in [1.82, 2.24) is 0 Å². The van der Waals surface area contributed by atoms with Crippen molar-refractivity contribution >= 4 is 45.2 Å². The fourth-order valence-electron chi connectivity index (χ4n) is 0.529. The minimum absolute atomic E-state index is 0.211. The molecule has 0 radical (unpaired) electrons. The lowest BCUT2D eigenvalue weighted by molar-refractivity contribution is 0.453. The van der Waals surface area contributed by atoms with Crippen molar-refractivity contribution in [2.24, 2.45) is 0 Å². The monoisotopic (exact) mass is 362 g/mol. The van der Waals surface area contributed by atoms with Gasteiger partial charge < -0.3 is 10.2 Å². The molecule has 0 atom stereocenters. The van der Waals surface area contributed by atoms with E-state index in [1.54, 1.807) is 0 Å². The summed E-state index contributed by atoms with van der Waals surface area (Å²) < 4.78 is 1.39. The number of hydrogen-bond acceptors (Lipinski definition) is 2. The van der Waals surface area contributed by atoms with Crippen LogP contribution in [0.3, 0.4) is 0 Å². The van der Waals surface area contributed by atoms with Crippen molar-refractivity contribution in [3.8, 4) is 11.5 Å². The number of hydrogen-bond donors (Lipinski definition) is 2. The average Bonchev–Trinajstić information content (AvgIpc) is 1.93. The Balaban J connectivity index is 3.34. The van der Waals surface area contributed by atoms with Crippen LogP contribution < -0.4 is 0 Å². The molecule has 0 spiro atoms. The summed E-state index contributed by atoms with van der Waals surface area (Å²) >= 11 is 3.95. The first-order valence-corrected chi connectivity index (χ1v) is 4.64. The summed E-state index contributed by atoms with van der Waals surface area (Å²) in [7, 11) is 0. The smallest absolute Gasteiger partial charge is 0.130 e. The summed E-state index contributed by atoms with van der Waals surface area (Å²) in [6.45, 7) is 0. The Kier molecular flexibility index (Phi) is 2.61. The number of halogens is 2. The van der Waals surface area contributed by atoms with Gasteiger partial charge in [0.15, 0.2) is 0 Å². The van der Waals surface area contributed by atoms with E-state index in [2.05, 4.69) is 0 Å². The summed E-state index contributed by atoms with van der Waals surface area (Å²) in [5.74, 6) is 0.422. The molecule has 0 aliphatic carbocycles. The summed E-state index contributed by atoms with van der Waals surface area (Å²) in [4.78, 5) is 0. The Bertz CT molecular complexity index is 233. The van der Waals surface area contributed by atoms with Gasteiger partial charge >= 0.3 is 0 Å². The van der Waals surface area contributed by atoms with E-state index >= 15 is 0 Å². The first kappa shape index (κ1) is 8.38. The minimum Gasteiger partial charge on any atom is -0.507 e. The summed E-state index contributed by atoms with van der Waals surface area (Å²) in [6.07, 6.45) is 0. The number of rotatable bonds is 0. The molecule has 0 aromatic heterocycles. The van der Waals surface area contributed by atoms with Crippen LogP contribution >= 0.6 is 45.2 Å². The Morgan fingerprint density at radius 3 is 1.50 bits per heavy atom. The lowest BCUT2D eigenvalue weighted by Gasteiger charge is -2.00. The van der Waals surface area contributed by atoms with Gasteiger partial charge in [0.1, 0.15) is 11.5 Å². The predicted octanol–water partition coefficient (Wildman–Crippen LogP) is 2.31. The van der Waals surface area contributed by atoms with E-state index in [-0.39, 0.29) is 11.5 Å². The van der Waals surface area contributed by atoms with Crippen molar-refractivity contribution in [3.63, 3.8) is 0 Å². The first-order chi connectivity index (χ1) is 4.63. The van der Waals surface area contributed by atoms with E-state index in [1.165, 1.54) is 12.1 Å². The molecule has 0 amide bonds. The molecule has 0 saturated heterocycles. The molecular weight excluding hydrogens is 358 g/mol. The second-order valence-corrected chi connectivity index (χ2v) is 3.89. The number of phenols is 2. The number of phenolic OH excluding ortho intramolecular Hbond substituents is 2. The molecule has 1 aromatic rings. The quantitative estimate of drug-likeness (QED) is 0.550. The molecule has 0 fully saturated rings. The molecule has 0 bridgehead atoms. The van der Waals surface area contributed by atoms with Crippen molar-refractivity contribution in [3.05, 3.63) is 19.3 Å². The van der Waals surface area contributed by atoms with E-state index in [0.717, 1.165) is 0 Å². The fourth-order valence-corrected chi connectivity index (χ4v) is 1.44. The van der Waals surface area contributed by atoms with E-state index in [9.17, 15) is 0 Å². The van der Waals surface area contributed by atoms with E-state index < -0.39 is 0 Å². The SMILES string of the molecule is Oc1ccc(O)c(I)c1I. The second kappa shape index (κ2) is 3.12. The highest BCUT2D eigenvalue weighted by Crippen LogP contribution is 2.30. The Labute approximate surface area is 85.5 Å². The highest BCUT2D eigenvalue weighted by Gasteiger charge is 2.05. The van der Waals surface area contributed by atoms with Crippen molar-refractivity contribution < 1.29 is 10.2 Å². The summed E-state index contributed by atoms with van der Waals surface area (Å²) in [6, 6.07) is 2.94. The van der Waals surface area contributed by atoms with E-state index in [1.807, 2.05) is 45.2 Å². The van der Waals surface area contributed by atoms with Gasteiger partial charge in [-0.05, 0) is 57.3 Å². The lowest BCUT2D eigenvalue weighted by Crippen LogP contribution is -1.80. The molecule has 0 saturated carbocycles. The zero-order chi connectivity index (χ0) is 7.72. The zero-order valence-corrected chi connectivity index (χ0v) is 9.12. The van der Waals surface area contributed by atoms with E-state index in [0.29, 0.717) is 7.14 Å². The van der Waals surface area contributed by atoms with Crippen LogP contribution in [0.5, 0.6) is 11.5 Å². The number of benzene rings is 1. The molecular formula is C6H4I2O2. The van der Waals surface area contributed by atoms with Gasteiger partial charge in [0.05, 0.1) is 7.14 Å².